The lowest BCUT2D eigenvalue weighted by Gasteiger charge is -2.34. The Bertz CT molecular complexity index is 1380. The molecular formula is C25H27N3O7S. The molecule has 1 fully saturated rings. The van der Waals surface area contributed by atoms with Crippen molar-refractivity contribution in [1.82, 2.24) is 9.21 Å². The van der Waals surface area contributed by atoms with Crippen LogP contribution >= 0.6 is 0 Å². The smallest absolute Gasteiger partial charge is 0.296 e. The second-order valence-corrected chi connectivity index (χ2v) is 10.9. The standard InChI is InChI=1S/C25H27N3O7S/c1-26(2)36(33,34)17-12-10-16(11-13-17)21(29)20-22(30)23(31)28(14-7-15-35-4)25(20)18-8-5-6-9-19(18)27(3)24(25)32/h5-6,8-13,29H,7,14-15H2,1-4H3/t25-/m0/s1. The van der Waals surface area contributed by atoms with Crippen molar-refractivity contribution in [3.05, 3.63) is 65.2 Å². The molecule has 1 spiro atoms. The Morgan fingerprint density at radius 2 is 1.69 bits per heavy atom. The Kier molecular flexibility index (Phi) is 6.50. The molecule has 0 saturated carbocycles. The van der Waals surface area contributed by atoms with Gasteiger partial charge in [-0.05, 0) is 36.8 Å². The van der Waals surface area contributed by atoms with Crippen LogP contribution in [-0.2, 0) is 34.7 Å². The fourth-order valence-corrected chi connectivity index (χ4v) is 5.68. The highest BCUT2D eigenvalue weighted by Crippen LogP contribution is 2.53. The van der Waals surface area contributed by atoms with Crippen LogP contribution in [0.25, 0.3) is 5.76 Å². The summed E-state index contributed by atoms with van der Waals surface area (Å²) in [6.07, 6.45) is 0.363. The average Bonchev–Trinajstić information content (AvgIpc) is 3.22. The van der Waals surface area contributed by atoms with Crippen LogP contribution in [0.1, 0.15) is 17.5 Å². The van der Waals surface area contributed by atoms with E-state index < -0.39 is 38.9 Å². The fraction of sp³-hybridized carbons (Fsp3) is 0.320. The fourth-order valence-electron chi connectivity index (χ4n) is 4.78. The summed E-state index contributed by atoms with van der Waals surface area (Å²) in [6.45, 7) is 0.343. The number of aliphatic hydroxyl groups is 1. The molecule has 2 heterocycles. The molecule has 190 valence electrons. The van der Waals surface area contributed by atoms with Crippen LogP contribution in [0, 0.1) is 0 Å². The SMILES string of the molecule is COCCCN1C(=O)C(=O)C(=C(O)c2ccc(S(=O)(=O)N(C)C)cc2)[C@@]12C(=O)N(C)c1ccccc12. The summed E-state index contributed by atoms with van der Waals surface area (Å²) in [5, 5.41) is 11.4. The second-order valence-electron chi connectivity index (χ2n) is 8.76. The number of ether oxygens (including phenoxy) is 1. The number of benzene rings is 2. The number of sulfonamides is 1. The minimum Gasteiger partial charge on any atom is -0.507 e. The van der Waals surface area contributed by atoms with E-state index in [-0.39, 0.29) is 22.6 Å². The van der Waals surface area contributed by atoms with Crippen molar-refractivity contribution in [2.75, 3.05) is 46.3 Å². The van der Waals surface area contributed by atoms with E-state index in [1.807, 2.05) is 0 Å². The number of nitrogens with zero attached hydrogens (tertiary/aromatic N) is 3. The van der Waals surface area contributed by atoms with Gasteiger partial charge in [-0.2, -0.15) is 0 Å². The predicted octanol–water partition coefficient (Wildman–Crippen LogP) is 1.53. The van der Waals surface area contributed by atoms with Crippen molar-refractivity contribution >= 4 is 39.1 Å². The molecule has 10 nitrogen and oxygen atoms in total. The number of fused-ring (bicyclic) bond motifs is 2. The van der Waals surface area contributed by atoms with Crippen molar-refractivity contribution in [2.24, 2.45) is 0 Å². The lowest BCUT2D eigenvalue weighted by Crippen LogP contribution is -2.51. The summed E-state index contributed by atoms with van der Waals surface area (Å²) >= 11 is 0. The van der Waals surface area contributed by atoms with Crippen molar-refractivity contribution in [1.29, 1.82) is 0 Å². The van der Waals surface area contributed by atoms with Crippen LogP contribution in [0.5, 0.6) is 0 Å². The molecule has 2 aromatic rings. The Labute approximate surface area is 209 Å². The number of para-hydroxylation sites is 1. The number of amides is 2. The zero-order valence-corrected chi connectivity index (χ0v) is 21.2. The lowest BCUT2D eigenvalue weighted by atomic mass is 9.82. The number of anilines is 1. The molecule has 0 bridgehead atoms. The molecular weight excluding hydrogens is 486 g/mol. The monoisotopic (exact) mass is 513 g/mol. The topological polar surface area (TPSA) is 125 Å². The average molecular weight is 514 g/mol. The summed E-state index contributed by atoms with van der Waals surface area (Å²) < 4.78 is 31.0. The number of rotatable bonds is 7. The normalized spacial score (nSPS) is 21.2. The largest absolute Gasteiger partial charge is 0.507 e. The van der Waals surface area contributed by atoms with Crippen LogP contribution < -0.4 is 4.90 Å². The molecule has 2 aromatic carbocycles. The van der Waals surface area contributed by atoms with Gasteiger partial charge < -0.3 is 19.6 Å². The van der Waals surface area contributed by atoms with Gasteiger partial charge in [0.25, 0.3) is 17.6 Å². The number of aliphatic hydroxyl groups excluding tert-OH is 1. The zero-order valence-electron chi connectivity index (χ0n) is 20.4. The van der Waals surface area contributed by atoms with Crippen LogP contribution in [-0.4, -0.2) is 81.7 Å². The quantitative estimate of drug-likeness (QED) is 0.258. The maximum absolute atomic E-state index is 13.8. The van der Waals surface area contributed by atoms with E-state index in [1.165, 1.54) is 55.3 Å². The van der Waals surface area contributed by atoms with Gasteiger partial charge in [0, 0.05) is 58.2 Å². The molecule has 4 rings (SSSR count). The molecule has 1 atom stereocenters. The van der Waals surface area contributed by atoms with Gasteiger partial charge in [-0.3, -0.25) is 14.4 Å². The molecule has 2 aliphatic rings. The van der Waals surface area contributed by atoms with Crippen molar-refractivity contribution in [3.63, 3.8) is 0 Å². The number of likely N-dealkylation sites (N-methyl/N-ethyl adjacent to an activating group) is 1. The number of carbonyl (C=O) groups excluding carboxylic acids is 3. The molecule has 0 unspecified atom stereocenters. The van der Waals surface area contributed by atoms with Gasteiger partial charge in [-0.25, -0.2) is 12.7 Å². The molecule has 2 amide bonds. The third-order valence-corrected chi connectivity index (χ3v) is 8.41. The highest BCUT2D eigenvalue weighted by Gasteiger charge is 2.66. The van der Waals surface area contributed by atoms with Gasteiger partial charge >= 0.3 is 0 Å². The number of methoxy groups -OCH3 is 1. The van der Waals surface area contributed by atoms with E-state index in [9.17, 15) is 27.9 Å². The Hall–Kier alpha value is -3.54. The van der Waals surface area contributed by atoms with Crippen LogP contribution in [0.15, 0.2) is 59.0 Å². The Morgan fingerprint density at radius 3 is 2.31 bits per heavy atom. The van der Waals surface area contributed by atoms with Crippen LogP contribution in [0.2, 0.25) is 0 Å². The Balaban J connectivity index is 1.95. The van der Waals surface area contributed by atoms with Gasteiger partial charge in [-0.15, -0.1) is 0 Å². The summed E-state index contributed by atoms with van der Waals surface area (Å²) in [7, 11) is 2.12. The number of ketones is 1. The molecule has 0 aromatic heterocycles. The first kappa shape index (κ1) is 25.5. The lowest BCUT2D eigenvalue weighted by molar-refractivity contribution is -0.143. The molecule has 0 aliphatic carbocycles. The minimum absolute atomic E-state index is 0.0131. The van der Waals surface area contributed by atoms with Crippen LogP contribution in [0.3, 0.4) is 0 Å². The number of hydrogen-bond donors (Lipinski definition) is 1. The van der Waals surface area contributed by atoms with E-state index >= 15 is 0 Å². The van der Waals surface area contributed by atoms with E-state index in [0.717, 1.165) is 4.31 Å². The zero-order chi connectivity index (χ0) is 26.4. The van der Waals surface area contributed by atoms with Crippen molar-refractivity contribution in [3.8, 4) is 0 Å². The van der Waals surface area contributed by atoms with Crippen LogP contribution in [0.4, 0.5) is 5.69 Å². The molecule has 1 N–H and O–H groups in total. The first-order valence-corrected chi connectivity index (χ1v) is 12.6. The Morgan fingerprint density at radius 1 is 1.06 bits per heavy atom. The number of hydrogen-bond acceptors (Lipinski definition) is 7. The first-order valence-electron chi connectivity index (χ1n) is 11.2. The van der Waals surface area contributed by atoms with E-state index in [4.69, 9.17) is 4.74 Å². The molecule has 11 heteroatoms. The summed E-state index contributed by atoms with van der Waals surface area (Å²) in [4.78, 5) is 43.1. The van der Waals surface area contributed by atoms with Gasteiger partial charge in [0.1, 0.15) is 5.76 Å². The molecule has 36 heavy (non-hydrogen) atoms. The molecule has 2 aliphatic heterocycles. The molecule has 1 saturated heterocycles. The summed E-state index contributed by atoms with van der Waals surface area (Å²) in [5.41, 5.74) is -1.19. The third-order valence-electron chi connectivity index (χ3n) is 6.58. The van der Waals surface area contributed by atoms with E-state index in [0.29, 0.717) is 24.3 Å². The summed E-state index contributed by atoms with van der Waals surface area (Å²) in [6, 6.07) is 12.1. The first-order chi connectivity index (χ1) is 17.0. The third kappa shape index (κ3) is 3.54. The van der Waals surface area contributed by atoms with Gasteiger partial charge in [-0.1, -0.05) is 18.2 Å². The van der Waals surface area contributed by atoms with Crippen molar-refractivity contribution in [2.45, 2.75) is 16.9 Å². The van der Waals surface area contributed by atoms with Gasteiger partial charge in [0.15, 0.2) is 5.54 Å². The van der Waals surface area contributed by atoms with E-state index in [2.05, 4.69) is 0 Å². The second kappa shape index (κ2) is 9.16. The number of likely N-dealkylation sites (tertiary alicyclic amines) is 1. The predicted molar refractivity (Wildman–Crippen MR) is 132 cm³/mol. The highest BCUT2D eigenvalue weighted by atomic mass is 32.2. The molecule has 0 radical (unpaired) electrons. The van der Waals surface area contributed by atoms with Gasteiger partial charge in [0.2, 0.25) is 10.0 Å². The highest BCUT2D eigenvalue weighted by molar-refractivity contribution is 7.89. The minimum atomic E-state index is -3.72. The van der Waals surface area contributed by atoms with E-state index in [1.54, 1.807) is 31.3 Å². The van der Waals surface area contributed by atoms with Crippen molar-refractivity contribution < 1.29 is 32.6 Å². The maximum atomic E-state index is 13.8. The number of Topliss-reactive ketones (excluding diaryl/α,β-unsaturated/α-hetero) is 1. The maximum Gasteiger partial charge on any atom is 0.296 e. The summed E-state index contributed by atoms with van der Waals surface area (Å²) in [5.74, 6) is -3.00. The van der Waals surface area contributed by atoms with Gasteiger partial charge in [0.05, 0.1) is 10.5 Å². The number of carbonyl (C=O) groups is 3.